The Morgan fingerprint density at radius 3 is 2.50 bits per heavy atom. The van der Waals surface area contributed by atoms with Gasteiger partial charge in [-0.05, 0) is 43.2 Å². The van der Waals surface area contributed by atoms with Crippen LogP contribution in [0.5, 0.6) is 5.75 Å². The Morgan fingerprint density at radius 1 is 1.11 bits per heavy atom. The van der Waals surface area contributed by atoms with Crippen molar-refractivity contribution in [2.24, 2.45) is 0 Å². The third kappa shape index (κ3) is 4.07. The largest absolute Gasteiger partial charge is 0.497 e. The summed E-state index contributed by atoms with van der Waals surface area (Å²) in [6, 6.07) is 15.6. The Hall–Kier alpha value is -2.34. The molecule has 28 heavy (non-hydrogen) atoms. The molecular formula is C22H24ClN3O2. The minimum Gasteiger partial charge on any atom is -0.497 e. The molecule has 0 aliphatic carbocycles. The number of halogens is 1. The molecule has 0 bridgehead atoms. The average molecular weight is 398 g/mol. The van der Waals surface area contributed by atoms with Crippen molar-refractivity contribution in [2.75, 3.05) is 20.2 Å². The van der Waals surface area contributed by atoms with Crippen LogP contribution in [0.3, 0.4) is 0 Å². The number of rotatable bonds is 5. The van der Waals surface area contributed by atoms with Crippen LogP contribution in [0.25, 0.3) is 16.9 Å². The van der Waals surface area contributed by atoms with Gasteiger partial charge in [0.1, 0.15) is 5.75 Å². The molecule has 1 saturated heterocycles. The topological polar surface area (TPSA) is 50.5 Å². The molecule has 0 atom stereocenters. The number of likely N-dealkylation sites (tertiary alicyclic amines) is 1. The van der Waals surface area contributed by atoms with Gasteiger partial charge in [0.25, 0.3) is 0 Å². The molecule has 0 unspecified atom stereocenters. The molecule has 1 N–H and O–H groups in total. The van der Waals surface area contributed by atoms with Crippen LogP contribution in [0.15, 0.2) is 54.7 Å². The minimum atomic E-state index is -0.179. The number of hydrogen-bond donors (Lipinski definition) is 1. The molecule has 5 nitrogen and oxygen atoms in total. The van der Waals surface area contributed by atoms with Gasteiger partial charge in [0.15, 0.2) is 0 Å². The highest BCUT2D eigenvalue weighted by Crippen LogP contribution is 2.31. The Morgan fingerprint density at radius 2 is 1.82 bits per heavy atom. The van der Waals surface area contributed by atoms with Crippen LogP contribution in [-0.2, 0) is 6.54 Å². The second-order valence-corrected chi connectivity index (χ2v) is 7.54. The highest BCUT2D eigenvalue weighted by Gasteiger charge is 2.21. The molecule has 6 heteroatoms. The van der Waals surface area contributed by atoms with E-state index in [-0.39, 0.29) is 6.10 Å². The van der Waals surface area contributed by atoms with Gasteiger partial charge >= 0.3 is 0 Å². The summed E-state index contributed by atoms with van der Waals surface area (Å²) in [5.41, 5.74) is 3.92. The van der Waals surface area contributed by atoms with Gasteiger partial charge in [-0.15, -0.1) is 0 Å². The second-order valence-electron chi connectivity index (χ2n) is 7.13. The van der Waals surface area contributed by atoms with Gasteiger partial charge in [-0.1, -0.05) is 29.8 Å². The Bertz CT molecular complexity index is 931. The van der Waals surface area contributed by atoms with Crippen LogP contribution in [0.4, 0.5) is 0 Å². The molecular weight excluding hydrogens is 374 g/mol. The number of methoxy groups -OCH3 is 1. The van der Waals surface area contributed by atoms with Crippen LogP contribution in [0.2, 0.25) is 5.02 Å². The fraction of sp³-hybridized carbons (Fsp3) is 0.318. The molecule has 1 aromatic heterocycles. The fourth-order valence-electron chi connectivity index (χ4n) is 3.59. The summed E-state index contributed by atoms with van der Waals surface area (Å²) in [4.78, 5) is 2.36. The molecule has 0 amide bonds. The first-order valence-corrected chi connectivity index (χ1v) is 9.90. The maximum atomic E-state index is 9.79. The summed E-state index contributed by atoms with van der Waals surface area (Å²) in [5.74, 6) is 0.814. The molecule has 1 aliphatic heterocycles. The quantitative estimate of drug-likeness (QED) is 0.702. The molecule has 0 spiro atoms. The first kappa shape index (κ1) is 19.0. The van der Waals surface area contributed by atoms with Crippen LogP contribution < -0.4 is 4.74 Å². The molecule has 0 radical (unpaired) electrons. The summed E-state index contributed by atoms with van der Waals surface area (Å²) in [6.07, 6.45) is 3.52. The van der Waals surface area contributed by atoms with E-state index in [0.717, 1.165) is 60.7 Å². The maximum Gasteiger partial charge on any atom is 0.119 e. The van der Waals surface area contributed by atoms with Crippen molar-refractivity contribution in [1.29, 1.82) is 0 Å². The lowest BCUT2D eigenvalue weighted by molar-refractivity contribution is 0.0793. The molecule has 4 rings (SSSR count). The van der Waals surface area contributed by atoms with Crippen LogP contribution in [0.1, 0.15) is 18.4 Å². The minimum absolute atomic E-state index is 0.179. The lowest BCUT2D eigenvalue weighted by Gasteiger charge is -2.29. The van der Waals surface area contributed by atoms with Crippen molar-refractivity contribution >= 4 is 11.6 Å². The predicted molar refractivity (Wildman–Crippen MR) is 111 cm³/mol. The molecule has 0 saturated carbocycles. The molecule has 2 aromatic carbocycles. The Balaban J connectivity index is 1.70. The van der Waals surface area contributed by atoms with Crippen molar-refractivity contribution in [2.45, 2.75) is 25.5 Å². The van der Waals surface area contributed by atoms with Gasteiger partial charge < -0.3 is 9.84 Å². The summed E-state index contributed by atoms with van der Waals surface area (Å²) in [7, 11) is 1.66. The monoisotopic (exact) mass is 397 g/mol. The van der Waals surface area contributed by atoms with Gasteiger partial charge in [-0.3, -0.25) is 4.90 Å². The molecule has 1 aliphatic rings. The van der Waals surface area contributed by atoms with Crippen molar-refractivity contribution in [3.63, 3.8) is 0 Å². The number of aromatic nitrogens is 2. The van der Waals surface area contributed by atoms with E-state index in [2.05, 4.69) is 11.1 Å². The number of aliphatic hydroxyl groups is 1. The SMILES string of the molecule is COc1ccc(-n2cc(CN3CCC(O)CC3)c(-c3ccccc3Cl)n2)cc1. The molecule has 1 fully saturated rings. The van der Waals surface area contributed by atoms with Gasteiger partial charge in [0.2, 0.25) is 0 Å². The number of ether oxygens (including phenoxy) is 1. The first-order valence-electron chi connectivity index (χ1n) is 9.52. The predicted octanol–water partition coefficient (Wildman–Crippen LogP) is 4.16. The Labute approximate surface area is 170 Å². The highest BCUT2D eigenvalue weighted by molar-refractivity contribution is 6.33. The van der Waals surface area contributed by atoms with E-state index in [1.54, 1.807) is 7.11 Å². The van der Waals surface area contributed by atoms with Gasteiger partial charge in [0.05, 0.1) is 29.6 Å². The van der Waals surface area contributed by atoms with Crippen molar-refractivity contribution in [1.82, 2.24) is 14.7 Å². The zero-order valence-corrected chi connectivity index (χ0v) is 16.6. The van der Waals surface area contributed by atoms with Crippen molar-refractivity contribution in [3.8, 4) is 22.7 Å². The smallest absolute Gasteiger partial charge is 0.119 e. The zero-order valence-electron chi connectivity index (χ0n) is 15.9. The van der Waals surface area contributed by atoms with E-state index in [9.17, 15) is 5.11 Å². The van der Waals surface area contributed by atoms with Crippen molar-refractivity contribution < 1.29 is 9.84 Å². The maximum absolute atomic E-state index is 9.79. The molecule has 3 aromatic rings. The van der Waals surface area contributed by atoms with Crippen LogP contribution >= 0.6 is 11.6 Å². The summed E-state index contributed by atoms with van der Waals surface area (Å²) >= 11 is 6.48. The highest BCUT2D eigenvalue weighted by atomic mass is 35.5. The fourth-order valence-corrected chi connectivity index (χ4v) is 3.82. The third-order valence-corrected chi connectivity index (χ3v) is 5.54. The zero-order chi connectivity index (χ0) is 19.5. The Kier molecular flexibility index (Phi) is 5.67. The van der Waals surface area contributed by atoms with E-state index >= 15 is 0 Å². The number of piperidine rings is 1. The standard InChI is InChI=1S/C22H24ClN3O2/c1-28-19-8-6-17(7-9-19)26-15-16(14-25-12-10-18(27)11-13-25)22(24-26)20-4-2-3-5-21(20)23/h2-9,15,18,27H,10-14H2,1H3. The molecule has 146 valence electrons. The van der Waals surface area contributed by atoms with Crippen molar-refractivity contribution in [3.05, 3.63) is 65.3 Å². The first-order chi connectivity index (χ1) is 13.6. The number of aliphatic hydroxyl groups excluding tert-OH is 1. The van der Waals surface area contributed by atoms with E-state index in [0.29, 0.717) is 5.02 Å². The summed E-state index contributed by atoms with van der Waals surface area (Å²) in [5, 5.41) is 15.3. The lowest BCUT2D eigenvalue weighted by Crippen LogP contribution is -2.35. The van der Waals surface area contributed by atoms with E-state index < -0.39 is 0 Å². The van der Waals surface area contributed by atoms with Crippen LogP contribution in [0, 0.1) is 0 Å². The van der Waals surface area contributed by atoms with E-state index in [4.69, 9.17) is 21.4 Å². The summed E-state index contributed by atoms with van der Waals surface area (Å²) in [6.45, 7) is 2.55. The normalized spacial score (nSPS) is 15.7. The van der Waals surface area contributed by atoms with Gasteiger partial charge in [0, 0.05) is 37.0 Å². The van der Waals surface area contributed by atoms with Crippen LogP contribution in [-0.4, -0.2) is 46.1 Å². The van der Waals surface area contributed by atoms with Gasteiger partial charge in [-0.25, -0.2) is 4.68 Å². The van der Waals surface area contributed by atoms with Gasteiger partial charge in [-0.2, -0.15) is 5.10 Å². The number of nitrogens with zero attached hydrogens (tertiary/aromatic N) is 3. The molecule has 2 heterocycles. The van der Waals surface area contributed by atoms with E-state index in [1.165, 1.54) is 0 Å². The summed E-state index contributed by atoms with van der Waals surface area (Å²) < 4.78 is 7.15. The lowest BCUT2D eigenvalue weighted by atomic mass is 10.0. The average Bonchev–Trinajstić information content (AvgIpc) is 3.13. The third-order valence-electron chi connectivity index (χ3n) is 5.21. The second kappa shape index (κ2) is 8.35. The number of hydrogen-bond acceptors (Lipinski definition) is 4. The number of benzene rings is 2. The van der Waals surface area contributed by atoms with E-state index in [1.807, 2.05) is 53.2 Å².